The predicted molar refractivity (Wildman–Crippen MR) is 81.7 cm³/mol. The summed E-state index contributed by atoms with van der Waals surface area (Å²) in [5, 5.41) is 0. The molecule has 0 bridgehead atoms. The minimum atomic E-state index is -3.93. The Labute approximate surface area is 139 Å². The summed E-state index contributed by atoms with van der Waals surface area (Å²) in [6, 6.07) is 5.29. The molecule has 8 nitrogen and oxygen atoms in total. The molecule has 1 N–H and O–H groups in total. The fraction of sp³-hybridized carbons (Fsp3) is 0.400. The minimum Gasteiger partial charge on any atom is -0.460 e. The van der Waals surface area contributed by atoms with Crippen LogP contribution in [0.3, 0.4) is 0 Å². The van der Waals surface area contributed by atoms with Gasteiger partial charge in [0.2, 0.25) is 16.1 Å². The average Bonchev–Trinajstić information content (AvgIpc) is 2.83. The fourth-order valence-corrected chi connectivity index (χ4v) is 3.09. The van der Waals surface area contributed by atoms with Crippen molar-refractivity contribution in [2.24, 2.45) is 0 Å². The Kier molecular flexibility index (Phi) is 5.35. The molecule has 0 radical (unpaired) electrons. The van der Waals surface area contributed by atoms with Crippen LogP contribution in [0, 0.1) is 0 Å². The molecule has 0 saturated carbocycles. The lowest BCUT2D eigenvalue weighted by atomic mass is 10.2. The molecule has 2 rings (SSSR count). The highest BCUT2D eigenvalue weighted by atomic mass is 32.2. The van der Waals surface area contributed by atoms with Gasteiger partial charge in [0.15, 0.2) is 5.78 Å². The second-order valence-electron chi connectivity index (χ2n) is 5.37. The standard InChI is InChI=1S/C15H17NO7S/c1-9-7-13(15(19)22-9)23-14(18)8-16-24(20,21)12-5-3-11(4-6-12)10(2)17/h3-6,9,13,16H,7-8H2,1-2H3. The van der Waals surface area contributed by atoms with Gasteiger partial charge in [-0.3, -0.25) is 9.59 Å². The number of cyclic esters (lactones) is 1. The highest BCUT2D eigenvalue weighted by Crippen LogP contribution is 2.17. The van der Waals surface area contributed by atoms with Crippen LogP contribution in [-0.2, 0) is 29.1 Å². The van der Waals surface area contributed by atoms with E-state index in [9.17, 15) is 22.8 Å². The van der Waals surface area contributed by atoms with Crippen molar-refractivity contribution in [1.82, 2.24) is 4.72 Å². The van der Waals surface area contributed by atoms with Crippen molar-refractivity contribution in [1.29, 1.82) is 0 Å². The van der Waals surface area contributed by atoms with Crippen molar-refractivity contribution >= 4 is 27.7 Å². The highest BCUT2D eigenvalue weighted by Gasteiger charge is 2.35. The lowest BCUT2D eigenvalue weighted by Crippen LogP contribution is -2.33. The molecule has 1 aromatic rings. The Morgan fingerprint density at radius 3 is 2.42 bits per heavy atom. The van der Waals surface area contributed by atoms with E-state index in [0.29, 0.717) is 5.56 Å². The molecule has 1 aliphatic rings. The topological polar surface area (TPSA) is 116 Å². The second-order valence-corrected chi connectivity index (χ2v) is 7.13. The summed E-state index contributed by atoms with van der Waals surface area (Å²) < 4.78 is 36.0. The summed E-state index contributed by atoms with van der Waals surface area (Å²) in [5.41, 5.74) is 0.377. The van der Waals surface area contributed by atoms with E-state index >= 15 is 0 Å². The van der Waals surface area contributed by atoms with Crippen LogP contribution in [-0.4, -0.2) is 44.9 Å². The third-order valence-corrected chi connectivity index (χ3v) is 4.79. The van der Waals surface area contributed by atoms with E-state index < -0.39 is 34.6 Å². The largest absolute Gasteiger partial charge is 0.460 e. The lowest BCUT2D eigenvalue weighted by Gasteiger charge is -2.10. The summed E-state index contributed by atoms with van der Waals surface area (Å²) in [6.07, 6.45) is -1.11. The number of sulfonamides is 1. The Balaban J connectivity index is 1.93. The molecule has 1 fully saturated rings. The molecule has 1 heterocycles. The van der Waals surface area contributed by atoms with Gasteiger partial charge < -0.3 is 9.47 Å². The van der Waals surface area contributed by atoms with Crippen LogP contribution >= 0.6 is 0 Å². The number of carbonyl (C=O) groups excluding carboxylic acids is 3. The van der Waals surface area contributed by atoms with Crippen LogP contribution in [0.2, 0.25) is 0 Å². The fourth-order valence-electron chi connectivity index (χ4n) is 2.12. The monoisotopic (exact) mass is 355 g/mol. The molecule has 1 aromatic carbocycles. The van der Waals surface area contributed by atoms with Gasteiger partial charge in [-0.1, -0.05) is 12.1 Å². The van der Waals surface area contributed by atoms with Crippen molar-refractivity contribution < 1.29 is 32.3 Å². The first-order valence-corrected chi connectivity index (χ1v) is 8.68. The zero-order valence-corrected chi connectivity index (χ0v) is 14.0. The number of benzene rings is 1. The molecule has 1 aliphatic heterocycles. The van der Waals surface area contributed by atoms with E-state index in [0.717, 1.165) is 0 Å². The number of ketones is 1. The number of carbonyl (C=O) groups is 3. The van der Waals surface area contributed by atoms with Gasteiger partial charge in [0, 0.05) is 12.0 Å². The normalized spacial score (nSPS) is 20.5. The van der Waals surface area contributed by atoms with Gasteiger partial charge in [-0.05, 0) is 26.0 Å². The van der Waals surface area contributed by atoms with E-state index in [1.54, 1.807) is 6.92 Å². The van der Waals surface area contributed by atoms with Crippen molar-refractivity contribution in [3.8, 4) is 0 Å². The third kappa shape index (κ3) is 4.39. The van der Waals surface area contributed by atoms with Crippen molar-refractivity contribution in [3.05, 3.63) is 29.8 Å². The highest BCUT2D eigenvalue weighted by molar-refractivity contribution is 7.89. The number of hydrogen-bond donors (Lipinski definition) is 1. The van der Waals surface area contributed by atoms with E-state index in [1.165, 1.54) is 31.2 Å². The number of hydrogen-bond acceptors (Lipinski definition) is 7. The van der Waals surface area contributed by atoms with Gasteiger partial charge in [-0.15, -0.1) is 0 Å². The average molecular weight is 355 g/mol. The van der Waals surface area contributed by atoms with E-state index in [-0.39, 0.29) is 23.2 Å². The van der Waals surface area contributed by atoms with Gasteiger partial charge in [-0.2, -0.15) is 4.72 Å². The SMILES string of the molecule is CC(=O)c1ccc(S(=O)(=O)NCC(=O)OC2CC(C)OC2=O)cc1. The van der Waals surface area contributed by atoms with Gasteiger partial charge in [0.1, 0.15) is 12.6 Å². The molecular formula is C15H17NO7S. The van der Waals surface area contributed by atoms with Crippen LogP contribution in [0.25, 0.3) is 0 Å². The molecule has 2 atom stereocenters. The van der Waals surface area contributed by atoms with Crippen molar-refractivity contribution in [2.75, 3.05) is 6.54 Å². The zero-order valence-electron chi connectivity index (χ0n) is 13.1. The molecule has 0 aliphatic carbocycles. The smallest absolute Gasteiger partial charge is 0.347 e. The zero-order chi connectivity index (χ0) is 17.9. The number of rotatable bonds is 6. The molecule has 1 saturated heterocycles. The molecule has 24 heavy (non-hydrogen) atoms. The maximum absolute atomic E-state index is 12.1. The van der Waals surface area contributed by atoms with E-state index in [2.05, 4.69) is 4.72 Å². The maximum atomic E-state index is 12.1. The molecule has 0 spiro atoms. The Morgan fingerprint density at radius 1 is 1.29 bits per heavy atom. The number of nitrogens with one attached hydrogen (secondary N) is 1. The number of Topliss-reactive ketones (excluding diaryl/α,β-unsaturated/α-hetero) is 1. The summed E-state index contributed by atoms with van der Waals surface area (Å²) in [6.45, 7) is 2.42. The molecule has 9 heteroatoms. The van der Waals surface area contributed by atoms with Crippen molar-refractivity contribution in [3.63, 3.8) is 0 Å². The summed E-state index contributed by atoms with van der Waals surface area (Å²) in [5.74, 6) is -1.71. The van der Waals surface area contributed by atoms with Crippen LogP contribution in [0.5, 0.6) is 0 Å². The molecule has 0 amide bonds. The summed E-state index contributed by atoms with van der Waals surface area (Å²) in [4.78, 5) is 34.1. The van der Waals surface area contributed by atoms with Gasteiger partial charge >= 0.3 is 11.9 Å². The first-order chi connectivity index (χ1) is 11.2. The maximum Gasteiger partial charge on any atom is 0.347 e. The van der Waals surface area contributed by atoms with E-state index in [1.807, 2.05) is 0 Å². The van der Waals surface area contributed by atoms with Crippen LogP contribution in [0.1, 0.15) is 30.6 Å². The first-order valence-electron chi connectivity index (χ1n) is 7.19. The second kappa shape index (κ2) is 7.10. The van der Waals surface area contributed by atoms with Crippen LogP contribution < -0.4 is 4.72 Å². The van der Waals surface area contributed by atoms with Gasteiger partial charge in [0.05, 0.1) is 4.90 Å². The summed E-state index contributed by atoms with van der Waals surface area (Å²) in [7, 11) is -3.93. The third-order valence-electron chi connectivity index (χ3n) is 3.38. The Hall–Kier alpha value is -2.26. The minimum absolute atomic E-state index is 0.0887. The Morgan fingerprint density at radius 2 is 1.92 bits per heavy atom. The lowest BCUT2D eigenvalue weighted by molar-refractivity contribution is -0.160. The van der Waals surface area contributed by atoms with Crippen molar-refractivity contribution in [2.45, 2.75) is 37.4 Å². The predicted octanol–water partition coefficient (Wildman–Crippen LogP) is 0.415. The molecule has 0 aromatic heterocycles. The van der Waals surface area contributed by atoms with Gasteiger partial charge in [-0.25, -0.2) is 13.2 Å². The van der Waals surface area contributed by atoms with E-state index in [4.69, 9.17) is 9.47 Å². The quantitative estimate of drug-likeness (QED) is 0.580. The molecular weight excluding hydrogens is 338 g/mol. The number of esters is 2. The molecule has 130 valence electrons. The van der Waals surface area contributed by atoms with Crippen LogP contribution in [0.4, 0.5) is 0 Å². The Bertz CT molecular complexity index is 755. The summed E-state index contributed by atoms with van der Waals surface area (Å²) >= 11 is 0. The number of ether oxygens (including phenoxy) is 2. The first kappa shape index (κ1) is 18.1. The molecule has 2 unspecified atom stereocenters. The van der Waals surface area contributed by atoms with Crippen LogP contribution in [0.15, 0.2) is 29.2 Å². The van der Waals surface area contributed by atoms with Gasteiger partial charge in [0.25, 0.3) is 0 Å².